The van der Waals surface area contributed by atoms with Crippen molar-refractivity contribution in [1.29, 1.82) is 0 Å². The van der Waals surface area contributed by atoms with E-state index in [9.17, 15) is 4.79 Å². The second kappa shape index (κ2) is 5.14. The Morgan fingerprint density at radius 3 is 3.00 bits per heavy atom. The van der Waals surface area contributed by atoms with E-state index >= 15 is 0 Å². The number of aryl methyl sites for hydroxylation is 1. The molecule has 2 aromatic rings. The molecule has 2 heterocycles. The second-order valence-electron chi connectivity index (χ2n) is 3.98. The SMILES string of the molecule is CC(CCc1ccco1)n1ccc(=O)[nH]c1=S. The van der Waals surface area contributed by atoms with E-state index < -0.39 is 0 Å². The molecule has 1 N–H and O–H groups in total. The van der Waals surface area contributed by atoms with Crippen LogP contribution in [-0.4, -0.2) is 9.55 Å². The van der Waals surface area contributed by atoms with E-state index in [1.54, 1.807) is 12.5 Å². The van der Waals surface area contributed by atoms with Gasteiger partial charge in [0.2, 0.25) is 0 Å². The maximum Gasteiger partial charge on any atom is 0.251 e. The minimum Gasteiger partial charge on any atom is -0.469 e. The predicted octanol–water partition coefficient (Wildman–Crippen LogP) is 2.69. The first-order valence-electron chi connectivity index (χ1n) is 5.50. The Morgan fingerprint density at radius 1 is 1.53 bits per heavy atom. The van der Waals surface area contributed by atoms with E-state index in [1.807, 2.05) is 16.7 Å². The summed E-state index contributed by atoms with van der Waals surface area (Å²) in [5.41, 5.74) is -0.163. The third kappa shape index (κ3) is 2.94. The van der Waals surface area contributed by atoms with Gasteiger partial charge in [-0.25, -0.2) is 0 Å². The molecule has 0 aromatic carbocycles. The third-order valence-corrected chi connectivity index (χ3v) is 3.03. The number of hydrogen-bond donors (Lipinski definition) is 1. The van der Waals surface area contributed by atoms with Crippen molar-refractivity contribution in [3.05, 3.63) is 51.5 Å². The molecule has 1 unspecified atom stereocenters. The largest absolute Gasteiger partial charge is 0.469 e. The topological polar surface area (TPSA) is 50.9 Å². The van der Waals surface area contributed by atoms with Gasteiger partial charge in [0.1, 0.15) is 5.76 Å². The van der Waals surface area contributed by atoms with Crippen LogP contribution in [0.5, 0.6) is 0 Å². The van der Waals surface area contributed by atoms with Crippen LogP contribution in [0.25, 0.3) is 0 Å². The van der Waals surface area contributed by atoms with E-state index in [2.05, 4.69) is 11.9 Å². The number of rotatable bonds is 4. The van der Waals surface area contributed by atoms with Crippen molar-refractivity contribution in [2.75, 3.05) is 0 Å². The molecule has 90 valence electrons. The van der Waals surface area contributed by atoms with Crippen LogP contribution in [0.4, 0.5) is 0 Å². The van der Waals surface area contributed by atoms with Crippen LogP contribution in [-0.2, 0) is 6.42 Å². The van der Waals surface area contributed by atoms with Crippen molar-refractivity contribution in [3.63, 3.8) is 0 Å². The lowest BCUT2D eigenvalue weighted by Gasteiger charge is -2.14. The minimum atomic E-state index is -0.163. The average molecular weight is 250 g/mol. The maximum atomic E-state index is 11.1. The van der Waals surface area contributed by atoms with E-state index in [-0.39, 0.29) is 11.6 Å². The van der Waals surface area contributed by atoms with Gasteiger partial charge in [0.05, 0.1) is 6.26 Å². The summed E-state index contributed by atoms with van der Waals surface area (Å²) < 4.78 is 7.63. The smallest absolute Gasteiger partial charge is 0.251 e. The third-order valence-electron chi connectivity index (χ3n) is 2.71. The molecular formula is C12H14N2O2S. The van der Waals surface area contributed by atoms with Gasteiger partial charge in [-0.05, 0) is 37.7 Å². The highest BCUT2D eigenvalue weighted by atomic mass is 32.1. The van der Waals surface area contributed by atoms with Crippen LogP contribution in [0, 0.1) is 4.77 Å². The second-order valence-corrected chi connectivity index (χ2v) is 4.37. The summed E-state index contributed by atoms with van der Waals surface area (Å²) in [6.07, 6.45) is 5.17. The Morgan fingerprint density at radius 2 is 2.35 bits per heavy atom. The fourth-order valence-corrected chi connectivity index (χ4v) is 2.06. The first kappa shape index (κ1) is 11.9. The van der Waals surface area contributed by atoms with Crippen molar-refractivity contribution < 1.29 is 4.42 Å². The molecule has 2 rings (SSSR count). The Hall–Kier alpha value is -1.62. The maximum absolute atomic E-state index is 11.1. The summed E-state index contributed by atoms with van der Waals surface area (Å²) in [6.45, 7) is 2.07. The summed E-state index contributed by atoms with van der Waals surface area (Å²) in [5.74, 6) is 0.966. The molecule has 0 saturated heterocycles. The fraction of sp³-hybridized carbons (Fsp3) is 0.333. The van der Waals surface area contributed by atoms with Crippen molar-refractivity contribution >= 4 is 12.2 Å². The Bertz CT molecular complexity index is 583. The van der Waals surface area contributed by atoms with Gasteiger partial charge in [-0.3, -0.25) is 9.78 Å². The number of nitrogens with zero attached hydrogens (tertiary/aromatic N) is 1. The molecule has 0 aliphatic carbocycles. The van der Waals surface area contributed by atoms with Gasteiger partial charge >= 0.3 is 0 Å². The summed E-state index contributed by atoms with van der Waals surface area (Å²) in [4.78, 5) is 13.7. The van der Waals surface area contributed by atoms with Gasteiger partial charge in [-0.2, -0.15) is 0 Å². The molecule has 0 saturated carbocycles. The zero-order valence-electron chi connectivity index (χ0n) is 9.55. The van der Waals surface area contributed by atoms with Gasteiger partial charge in [-0.15, -0.1) is 0 Å². The van der Waals surface area contributed by atoms with E-state index in [0.29, 0.717) is 4.77 Å². The lowest BCUT2D eigenvalue weighted by atomic mass is 10.1. The lowest BCUT2D eigenvalue weighted by molar-refractivity contribution is 0.445. The molecular weight excluding hydrogens is 236 g/mol. The van der Waals surface area contributed by atoms with E-state index in [4.69, 9.17) is 16.6 Å². The molecule has 0 amide bonds. The highest BCUT2D eigenvalue weighted by Crippen LogP contribution is 2.14. The molecule has 0 aliphatic heterocycles. The first-order chi connectivity index (χ1) is 8.16. The molecule has 4 nitrogen and oxygen atoms in total. The molecule has 5 heteroatoms. The van der Waals surface area contributed by atoms with Crippen molar-refractivity contribution in [1.82, 2.24) is 9.55 Å². The zero-order valence-corrected chi connectivity index (χ0v) is 10.4. The van der Waals surface area contributed by atoms with E-state index in [0.717, 1.165) is 18.6 Å². The normalized spacial score (nSPS) is 12.5. The average Bonchev–Trinajstić information content (AvgIpc) is 2.78. The molecule has 2 aromatic heterocycles. The van der Waals surface area contributed by atoms with E-state index in [1.165, 1.54) is 6.07 Å². The van der Waals surface area contributed by atoms with Gasteiger partial charge in [0, 0.05) is 24.7 Å². The Balaban J connectivity index is 2.07. The summed E-state index contributed by atoms with van der Waals surface area (Å²) in [7, 11) is 0. The highest BCUT2D eigenvalue weighted by Gasteiger charge is 2.06. The monoisotopic (exact) mass is 250 g/mol. The molecule has 0 spiro atoms. The molecule has 0 aliphatic rings. The molecule has 1 atom stereocenters. The summed E-state index contributed by atoms with van der Waals surface area (Å²) >= 11 is 5.11. The molecule has 0 radical (unpaired) electrons. The Kier molecular flexibility index (Phi) is 3.58. The zero-order chi connectivity index (χ0) is 12.3. The number of aromatic amines is 1. The fourth-order valence-electron chi connectivity index (χ4n) is 1.72. The molecule has 17 heavy (non-hydrogen) atoms. The molecule has 0 bridgehead atoms. The summed E-state index contributed by atoms with van der Waals surface area (Å²) in [5, 5.41) is 0. The number of hydrogen-bond acceptors (Lipinski definition) is 3. The van der Waals surface area contributed by atoms with Gasteiger partial charge < -0.3 is 8.98 Å². The quantitative estimate of drug-likeness (QED) is 0.849. The van der Waals surface area contributed by atoms with Crippen molar-refractivity contribution in [2.45, 2.75) is 25.8 Å². The van der Waals surface area contributed by atoms with Crippen LogP contribution in [0.2, 0.25) is 0 Å². The van der Waals surface area contributed by atoms with Gasteiger partial charge in [-0.1, -0.05) is 0 Å². The number of nitrogens with one attached hydrogen (secondary N) is 1. The lowest BCUT2D eigenvalue weighted by Crippen LogP contribution is -2.14. The Labute approximate surface area is 104 Å². The van der Waals surface area contributed by atoms with Crippen LogP contribution >= 0.6 is 12.2 Å². The van der Waals surface area contributed by atoms with Gasteiger partial charge in [0.25, 0.3) is 5.56 Å². The van der Waals surface area contributed by atoms with Crippen LogP contribution < -0.4 is 5.56 Å². The van der Waals surface area contributed by atoms with Gasteiger partial charge in [0.15, 0.2) is 4.77 Å². The standard InChI is InChI=1S/C12H14N2O2S/c1-9(4-5-10-3-2-8-16-10)14-7-6-11(15)13-12(14)17/h2-3,6-9H,4-5H2,1H3,(H,13,15,17). The number of furan rings is 1. The van der Waals surface area contributed by atoms with Crippen molar-refractivity contribution in [2.24, 2.45) is 0 Å². The van der Waals surface area contributed by atoms with Crippen LogP contribution in [0.3, 0.4) is 0 Å². The van der Waals surface area contributed by atoms with Crippen LogP contribution in [0.1, 0.15) is 25.1 Å². The molecule has 0 fully saturated rings. The minimum absolute atomic E-state index is 0.163. The van der Waals surface area contributed by atoms with Crippen molar-refractivity contribution in [3.8, 4) is 0 Å². The van der Waals surface area contributed by atoms with Crippen LogP contribution in [0.15, 0.2) is 39.9 Å². The highest BCUT2D eigenvalue weighted by molar-refractivity contribution is 7.71. The summed E-state index contributed by atoms with van der Waals surface area (Å²) in [6, 6.07) is 5.55. The number of H-pyrrole nitrogens is 1. The predicted molar refractivity (Wildman–Crippen MR) is 67.6 cm³/mol. The number of aromatic nitrogens is 2. The first-order valence-corrected chi connectivity index (χ1v) is 5.91.